The predicted molar refractivity (Wildman–Crippen MR) is 69.8 cm³/mol. The molecule has 0 spiro atoms. The number of aromatic nitrogens is 1. The summed E-state index contributed by atoms with van der Waals surface area (Å²) in [6, 6.07) is 8.24. The maximum atomic E-state index is 8.92. The Hall–Kier alpha value is -1.86. The van der Waals surface area contributed by atoms with Crippen molar-refractivity contribution in [3.05, 3.63) is 29.7 Å². The molecule has 1 N–H and O–H groups in total. The molecular weight excluding hydrogens is 226 g/mol. The molecule has 0 aliphatic carbocycles. The van der Waals surface area contributed by atoms with Crippen LogP contribution in [0.2, 0.25) is 0 Å². The molecule has 2 aromatic rings. The summed E-state index contributed by atoms with van der Waals surface area (Å²) in [4.78, 5) is 4.26. The lowest BCUT2D eigenvalue weighted by atomic mass is 9.96. The van der Waals surface area contributed by atoms with Gasteiger partial charge in [0.2, 0.25) is 0 Å². The van der Waals surface area contributed by atoms with E-state index in [9.17, 15) is 0 Å². The van der Waals surface area contributed by atoms with Gasteiger partial charge in [-0.1, -0.05) is 6.07 Å². The highest BCUT2D eigenvalue weighted by Gasteiger charge is 2.15. The van der Waals surface area contributed by atoms with Crippen LogP contribution < -0.4 is 5.32 Å². The van der Waals surface area contributed by atoms with Crippen molar-refractivity contribution in [3.8, 4) is 6.07 Å². The van der Waals surface area contributed by atoms with Crippen LogP contribution in [0.1, 0.15) is 25.3 Å². The minimum absolute atomic E-state index is 0.340. The lowest BCUT2D eigenvalue weighted by Gasteiger charge is -2.15. The Bertz CT molecular complexity index is 593. The molecule has 0 aliphatic rings. The summed E-state index contributed by atoms with van der Waals surface area (Å²) >= 11 is 0. The van der Waals surface area contributed by atoms with Gasteiger partial charge >= 0.3 is 0 Å². The summed E-state index contributed by atoms with van der Waals surface area (Å²) in [5.74, 6) is 0.681. The van der Waals surface area contributed by atoms with E-state index in [1.807, 2.05) is 39.0 Å². The van der Waals surface area contributed by atoms with E-state index in [0.717, 1.165) is 23.2 Å². The summed E-state index contributed by atoms with van der Waals surface area (Å²) in [6.45, 7) is 7.07. The number of nitriles is 1. The van der Waals surface area contributed by atoms with Gasteiger partial charge < -0.3 is 9.73 Å². The second-order valence-corrected chi connectivity index (χ2v) is 5.13. The minimum Gasteiger partial charge on any atom is -0.441 e. The van der Waals surface area contributed by atoms with Crippen LogP contribution in [0.3, 0.4) is 0 Å². The van der Waals surface area contributed by atoms with Crippen molar-refractivity contribution in [1.82, 2.24) is 10.3 Å². The molecule has 0 unspecified atom stereocenters. The monoisotopic (exact) mass is 243 g/mol. The van der Waals surface area contributed by atoms with Crippen molar-refractivity contribution in [1.29, 1.82) is 5.26 Å². The first-order valence-corrected chi connectivity index (χ1v) is 5.98. The number of nitrogens with zero attached hydrogens (tertiary/aromatic N) is 2. The first kappa shape index (κ1) is 12.6. The Morgan fingerprint density at radius 1 is 1.44 bits per heavy atom. The van der Waals surface area contributed by atoms with Crippen LogP contribution in [0.5, 0.6) is 0 Å². The highest BCUT2D eigenvalue weighted by molar-refractivity contribution is 5.73. The van der Waals surface area contributed by atoms with E-state index >= 15 is 0 Å². The van der Waals surface area contributed by atoms with Gasteiger partial charge in [-0.25, -0.2) is 4.98 Å². The van der Waals surface area contributed by atoms with Crippen LogP contribution in [-0.2, 0) is 6.54 Å². The number of nitrogens with one attached hydrogen (secondary N) is 1. The molecule has 4 heteroatoms. The molecule has 0 amide bonds. The Balaban J connectivity index is 2.02. The fourth-order valence-corrected chi connectivity index (χ4v) is 1.75. The second-order valence-electron chi connectivity index (χ2n) is 5.13. The smallest absolute Gasteiger partial charge is 0.192 e. The maximum absolute atomic E-state index is 8.92. The lowest BCUT2D eigenvalue weighted by Crippen LogP contribution is -2.27. The molecule has 2 rings (SSSR count). The summed E-state index contributed by atoms with van der Waals surface area (Å²) in [5.41, 5.74) is 2.49. The lowest BCUT2D eigenvalue weighted by molar-refractivity contribution is 0.445. The average molecular weight is 243 g/mol. The summed E-state index contributed by atoms with van der Waals surface area (Å²) < 4.78 is 5.49. The van der Waals surface area contributed by atoms with Crippen LogP contribution >= 0.6 is 0 Å². The minimum atomic E-state index is -0.340. The summed E-state index contributed by atoms with van der Waals surface area (Å²) in [7, 11) is 0. The molecule has 0 aliphatic heterocycles. The Morgan fingerprint density at radius 2 is 2.22 bits per heavy atom. The van der Waals surface area contributed by atoms with E-state index < -0.39 is 0 Å². The molecule has 4 nitrogen and oxygen atoms in total. The first-order chi connectivity index (χ1) is 8.50. The summed E-state index contributed by atoms with van der Waals surface area (Å²) in [5, 5.41) is 12.2. The highest BCUT2D eigenvalue weighted by Crippen LogP contribution is 2.17. The van der Waals surface area contributed by atoms with E-state index in [1.54, 1.807) is 0 Å². The van der Waals surface area contributed by atoms with Crippen LogP contribution in [0.4, 0.5) is 0 Å². The van der Waals surface area contributed by atoms with E-state index in [0.29, 0.717) is 12.4 Å². The number of fused-ring (bicyclic) bond motifs is 1. The number of hydrogen-bond acceptors (Lipinski definition) is 4. The number of hydrogen-bond donors (Lipinski definition) is 1. The Morgan fingerprint density at radius 3 is 2.94 bits per heavy atom. The van der Waals surface area contributed by atoms with Gasteiger partial charge in [-0.3, -0.25) is 0 Å². The van der Waals surface area contributed by atoms with Crippen molar-refractivity contribution >= 4 is 11.1 Å². The zero-order chi connectivity index (χ0) is 13.2. The molecule has 1 aromatic carbocycles. The van der Waals surface area contributed by atoms with Crippen molar-refractivity contribution < 1.29 is 4.42 Å². The second kappa shape index (κ2) is 4.79. The summed E-state index contributed by atoms with van der Waals surface area (Å²) in [6.07, 6.45) is 0. The van der Waals surface area contributed by atoms with Crippen molar-refractivity contribution in [3.63, 3.8) is 0 Å². The van der Waals surface area contributed by atoms with Crippen molar-refractivity contribution in [2.75, 3.05) is 6.54 Å². The fraction of sp³-hybridized carbons (Fsp3) is 0.429. The largest absolute Gasteiger partial charge is 0.441 e. The Labute approximate surface area is 107 Å². The van der Waals surface area contributed by atoms with Gasteiger partial charge in [0.1, 0.15) is 5.52 Å². The van der Waals surface area contributed by atoms with Gasteiger partial charge in [-0.05, 0) is 31.5 Å². The molecular formula is C14H17N3O. The SMILES string of the molecule is Cc1nc2ccc(CNCC(C)(C)C#N)cc2o1. The predicted octanol–water partition coefficient (Wildman–Crippen LogP) is 2.78. The van der Waals surface area contributed by atoms with Gasteiger partial charge in [0, 0.05) is 20.0 Å². The fourth-order valence-electron chi connectivity index (χ4n) is 1.75. The van der Waals surface area contributed by atoms with E-state index in [1.165, 1.54) is 0 Å². The normalized spacial score (nSPS) is 11.7. The number of aryl methyl sites for hydroxylation is 1. The zero-order valence-electron chi connectivity index (χ0n) is 10.9. The molecule has 0 atom stereocenters. The highest BCUT2D eigenvalue weighted by atomic mass is 16.3. The van der Waals surface area contributed by atoms with Gasteiger partial charge in [0.25, 0.3) is 0 Å². The number of benzene rings is 1. The van der Waals surface area contributed by atoms with Crippen LogP contribution in [-0.4, -0.2) is 11.5 Å². The molecule has 18 heavy (non-hydrogen) atoms. The van der Waals surface area contributed by atoms with E-state index in [2.05, 4.69) is 16.4 Å². The van der Waals surface area contributed by atoms with Crippen molar-refractivity contribution in [2.45, 2.75) is 27.3 Å². The molecule has 0 saturated heterocycles. The van der Waals surface area contributed by atoms with Gasteiger partial charge in [0.05, 0.1) is 11.5 Å². The molecule has 0 bridgehead atoms. The first-order valence-electron chi connectivity index (χ1n) is 5.98. The molecule has 1 aromatic heterocycles. The molecule has 94 valence electrons. The third-order valence-electron chi connectivity index (χ3n) is 2.76. The van der Waals surface area contributed by atoms with Crippen molar-refractivity contribution in [2.24, 2.45) is 5.41 Å². The third-order valence-corrected chi connectivity index (χ3v) is 2.76. The van der Waals surface area contributed by atoms with Crippen LogP contribution in [0.15, 0.2) is 22.6 Å². The molecule has 1 heterocycles. The molecule has 0 saturated carbocycles. The topological polar surface area (TPSA) is 61.9 Å². The van der Waals surface area contributed by atoms with Gasteiger partial charge in [0.15, 0.2) is 11.5 Å². The standard InChI is InChI=1S/C14H17N3O/c1-10-17-12-5-4-11(6-13(12)18-10)7-16-9-14(2,3)8-15/h4-6,16H,7,9H2,1-3H3. The Kier molecular flexibility index (Phi) is 3.35. The quantitative estimate of drug-likeness (QED) is 0.896. The maximum Gasteiger partial charge on any atom is 0.192 e. The molecule has 0 fully saturated rings. The number of oxazole rings is 1. The average Bonchev–Trinajstić information content (AvgIpc) is 2.68. The van der Waals surface area contributed by atoms with Gasteiger partial charge in [-0.2, -0.15) is 5.26 Å². The van der Waals surface area contributed by atoms with Crippen LogP contribution in [0, 0.1) is 23.7 Å². The third kappa shape index (κ3) is 2.88. The molecule has 0 radical (unpaired) electrons. The van der Waals surface area contributed by atoms with E-state index in [4.69, 9.17) is 9.68 Å². The van der Waals surface area contributed by atoms with Crippen LogP contribution in [0.25, 0.3) is 11.1 Å². The number of rotatable bonds is 4. The zero-order valence-corrected chi connectivity index (χ0v) is 10.9. The van der Waals surface area contributed by atoms with Gasteiger partial charge in [-0.15, -0.1) is 0 Å². The van der Waals surface area contributed by atoms with E-state index in [-0.39, 0.29) is 5.41 Å².